The molecule has 0 aliphatic rings. The number of thiocarbonyl (C=S) groups is 1. The smallest absolute Gasteiger partial charge is 0.335 e. The molecule has 0 saturated heterocycles. The minimum atomic E-state index is -0.444. The highest BCUT2D eigenvalue weighted by Gasteiger charge is 2.14. The lowest BCUT2D eigenvalue weighted by Crippen LogP contribution is -2.37. The van der Waals surface area contributed by atoms with Crippen molar-refractivity contribution in [1.29, 1.82) is 0 Å². The van der Waals surface area contributed by atoms with Crippen molar-refractivity contribution >= 4 is 36.2 Å². The lowest BCUT2D eigenvalue weighted by Gasteiger charge is -2.15. The second-order valence-electron chi connectivity index (χ2n) is 3.29. The van der Waals surface area contributed by atoms with Crippen LogP contribution in [0.2, 0.25) is 0 Å². The molecule has 0 aliphatic heterocycles. The number of hydrogen-bond donors (Lipinski definition) is 2. The average Bonchev–Trinajstić information content (AvgIpc) is 2.43. The maximum Gasteiger partial charge on any atom is 0.335 e. The van der Waals surface area contributed by atoms with Crippen molar-refractivity contribution in [1.82, 2.24) is 9.62 Å². The Morgan fingerprint density at radius 1 is 1.39 bits per heavy atom. The molecule has 1 aromatic rings. The van der Waals surface area contributed by atoms with Gasteiger partial charge in [0.25, 0.3) is 5.17 Å². The molecule has 7 heteroatoms. The SMILES string of the molecule is COC(=S)N(S)C(=O)NCc1ccc(OC)cc1. The number of benzene rings is 1. The molecule has 1 rings (SSSR count). The van der Waals surface area contributed by atoms with E-state index in [0.29, 0.717) is 6.54 Å². The highest BCUT2D eigenvalue weighted by molar-refractivity contribution is 7.84. The molecule has 0 spiro atoms. The Labute approximate surface area is 117 Å². The maximum absolute atomic E-state index is 11.6. The molecule has 0 fully saturated rings. The van der Waals surface area contributed by atoms with Crippen LogP contribution in [0.25, 0.3) is 0 Å². The van der Waals surface area contributed by atoms with Crippen LogP contribution in [0.5, 0.6) is 5.75 Å². The Bertz CT molecular complexity index is 423. The third kappa shape index (κ3) is 4.08. The van der Waals surface area contributed by atoms with E-state index in [0.717, 1.165) is 15.6 Å². The van der Waals surface area contributed by atoms with Crippen LogP contribution in [0.1, 0.15) is 5.56 Å². The zero-order valence-corrected chi connectivity index (χ0v) is 11.8. The Hall–Kier alpha value is -1.47. The van der Waals surface area contributed by atoms with Crippen molar-refractivity contribution in [2.45, 2.75) is 6.54 Å². The van der Waals surface area contributed by atoms with Crippen LogP contribution in [0.3, 0.4) is 0 Å². The fourth-order valence-electron chi connectivity index (χ4n) is 1.17. The Balaban J connectivity index is 2.49. The van der Waals surface area contributed by atoms with Crippen LogP contribution in [0.4, 0.5) is 4.79 Å². The van der Waals surface area contributed by atoms with Gasteiger partial charge in [0.1, 0.15) is 5.75 Å². The van der Waals surface area contributed by atoms with Crippen molar-refractivity contribution in [2.75, 3.05) is 14.2 Å². The number of methoxy groups -OCH3 is 2. The van der Waals surface area contributed by atoms with Gasteiger partial charge in [0.15, 0.2) is 0 Å². The first-order chi connectivity index (χ1) is 8.58. The normalized spacial score (nSPS) is 9.50. The average molecular weight is 286 g/mol. The van der Waals surface area contributed by atoms with Crippen molar-refractivity contribution < 1.29 is 14.3 Å². The van der Waals surface area contributed by atoms with E-state index in [1.807, 2.05) is 24.3 Å². The van der Waals surface area contributed by atoms with Crippen molar-refractivity contribution in [3.63, 3.8) is 0 Å². The van der Waals surface area contributed by atoms with Crippen molar-refractivity contribution in [3.8, 4) is 5.75 Å². The largest absolute Gasteiger partial charge is 0.497 e. The minimum absolute atomic E-state index is 0.00874. The van der Waals surface area contributed by atoms with Gasteiger partial charge in [-0.2, -0.15) is 4.31 Å². The summed E-state index contributed by atoms with van der Waals surface area (Å²) in [5.41, 5.74) is 0.939. The molecule has 0 aliphatic carbocycles. The van der Waals surface area contributed by atoms with Crippen molar-refractivity contribution in [2.24, 2.45) is 0 Å². The molecule has 18 heavy (non-hydrogen) atoms. The zero-order valence-electron chi connectivity index (χ0n) is 10.0. The number of amides is 2. The van der Waals surface area contributed by atoms with Gasteiger partial charge in [-0.25, -0.2) is 4.79 Å². The topological polar surface area (TPSA) is 50.8 Å². The second kappa shape index (κ2) is 7.07. The summed E-state index contributed by atoms with van der Waals surface area (Å²) in [4.78, 5) is 11.6. The summed E-state index contributed by atoms with van der Waals surface area (Å²) >= 11 is 8.68. The number of urea groups is 1. The number of thiol groups is 1. The van der Waals surface area contributed by atoms with E-state index < -0.39 is 6.03 Å². The van der Waals surface area contributed by atoms with Crippen LogP contribution >= 0.6 is 25.0 Å². The number of nitrogens with zero attached hydrogens (tertiary/aromatic N) is 1. The van der Waals surface area contributed by atoms with Crippen LogP contribution in [-0.2, 0) is 11.3 Å². The highest BCUT2D eigenvalue weighted by atomic mass is 32.1. The molecule has 0 aromatic heterocycles. The fourth-order valence-corrected chi connectivity index (χ4v) is 1.40. The summed E-state index contributed by atoms with van der Waals surface area (Å²) in [6.45, 7) is 0.367. The van der Waals surface area contributed by atoms with Gasteiger partial charge in [-0.3, -0.25) is 0 Å². The number of hydrogen-bond acceptors (Lipinski definition) is 5. The second-order valence-corrected chi connectivity index (χ2v) is 4.04. The lowest BCUT2D eigenvalue weighted by atomic mass is 10.2. The van der Waals surface area contributed by atoms with E-state index in [2.05, 4.69) is 18.1 Å². The predicted octanol–water partition coefficient (Wildman–Crippen LogP) is 1.98. The van der Waals surface area contributed by atoms with E-state index in [1.165, 1.54) is 7.11 Å². The zero-order chi connectivity index (χ0) is 13.5. The number of ether oxygens (including phenoxy) is 2. The number of carbonyl (C=O) groups is 1. The number of rotatable bonds is 3. The summed E-state index contributed by atoms with van der Waals surface area (Å²) in [5.74, 6) is 0.765. The lowest BCUT2D eigenvalue weighted by molar-refractivity contribution is 0.231. The summed E-state index contributed by atoms with van der Waals surface area (Å²) in [5, 5.41) is 2.64. The van der Waals surface area contributed by atoms with Crippen LogP contribution in [0.15, 0.2) is 24.3 Å². The standard InChI is InChI=1S/C11H14N2O3S2/c1-15-9-5-3-8(4-6-9)7-12-10(14)13(18)11(17)16-2/h3-6,18H,7H2,1-2H3,(H,12,14). The maximum atomic E-state index is 11.6. The molecule has 1 N–H and O–H groups in total. The number of carbonyl (C=O) groups excluding carboxylic acids is 1. The Kier molecular flexibility index (Phi) is 5.73. The van der Waals surface area contributed by atoms with Gasteiger partial charge in [0, 0.05) is 6.54 Å². The minimum Gasteiger partial charge on any atom is -0.497 e. The molecule has 0 radical (unpaired) electrons. The van der Waals surface area contributed by atoms with Gasteiger partial charge in [0.05, 0.1) is 14.2 Å². The summed E-state index contributed by atoms with van der Waals surface area (Å²) in [7, 11) is 2.98. The van der Waals surface area contributed by atoms with Crippen LogP contribution in [-0.4, -0.2) is 29.7 Å². The Morgan fingerprint density at radius 3 is 2.50 bits per heavy atom. The van der Waals surface area contributed by atoms with E-state index >= 15 is 0 Å². The quantitative estimate of drug-likeness (QED) is 0.659. The molecule has 0 unspecified atom stereocenters. The summed E-state index contributed by atoms with van der Waals surface area (Å²) < 4.78 is 10.7. The number of nitrogens with one attached hydrogen (secondary N) is 1. The predicted molar refractivity (Wildman–Crippen MR) is 75.7 cm³/mol. The van der Waals surface area contributed by atoms with Gasteiger partial charge < -0.3 is 14.8 Å². The first kappa shape index (κ1) is 14.6. The molecule has 0 heterocycles. The first-order valence-corrected chi connectivity index (χ1v) is 5.87. The van der Waals surface area contributed by atoms with E-state index in [9.17, 15) is 4.79 Å². The monoisotopic (exact) mass is 286 g/mol. The molecule has 0 bridgehead atoms. The molecule has 5 nitrogen and oxygen atoms in total. The molecular weight excluding hydrogens is 272 g/mol. The van der Waals surface area contributed by atoms with E-state index in [4.69, 9.17) is 21.7 Å². The van der Waals surface area contributed by atoms with Crippen LogP contribution < -0.4 is 10.1 Å². The highest BCUT2D eigenvalue weighted by Crippen LogP contribution is 2.11. The Morgan fingerprint density at radius 2 is 2.00 bits per heavy atom. The fraction of sp³-hybridized carbons (Fsp3) is 0.273. The molecule has 0 saturated carbocycles. The van der Waals surface area contributed by atoms with E-state index in [-0.39, 0.29) is 5.17 Å². The van der Waals surface area contributed by atoms with Gasteiger partial charge in [-0.1, -0.05) is 24.9 Å². The van der Waals surface area contributed by atoms with Crippen molar-refractivity contribution in [3.05, 3.63) is 29.8 Å². The van der Waals surface area contributed by atoms with E-state index in [1.54, 1.807) is 7.11 Å². The third-order valence-electron chi connectivity index (χ3n) is 2.14. The summed E-state index contributed by atoms with van der Waals surface area (Å²) in [6, 6.07) is 6.91. The van der Waals surface area contributed by atoms with Gasteiger partial charge in [0.2, 0.25) is 0 Å². The summed E-state index contributed by atoms with van der Waals surface area (Å²) in [6.07, 6.45) is 0. The molecule has 2 amide bonds. The van der Waals surface area contributed by atoms with Crippen LogP contribution in [0, 0.1) is 0 Å². The third-order valence-corrected chi connectivity index (χ3v) is 2.99. The first-order valence-electron chi connectivity index (χ1n) is 5.06. The van der Waals surface area contributed by atoms with Gasteiger partial charge in [-0.15, -0.1) is 0 Å². The van der Waals surface area contributed by atoms with Gasteiger partial charge >= 0.3 is 6.03 Å². The molecule has 1 aromatic carbocycles. The van der Waals surface area contributed by atoms with Gasteiger partial charge in [-0.05, 0) is 29.9 Å². The molecule has 0 atom stereocenters. The molecule has 98 valence electrons. The molecular formula is C11H14N2O3S2.